The van der Waals surface area contributed by atoms with Crippen LogP contribution < -0.4 is 33.8 Å². The molecule has 1 atom stereocenters. The van der Waals surface area contributed by atoms with E-state index in [2.05, 4.69) is 39.1 Å². The molecule has 0 aliphatic carbocycles. The molecule has 0 amide bonds. The van der Waals surface area contributed by atoms with Crippen LogP contribution in [0.1, 0.15) is 43.5 Å². The van der Waals surface area contributed by atoms with Crippen LogP contribution in [0.25, 0.3) is 16.8 Å². The molecule has 0 bridgehead atoms. The van der Waals surface area contributed by atoms with E-state index in [0.29, 0.717) is 66.8 Å². The smallest absolute Gasteiger partial charge is 0.343 e. The Morgan fingerprint density at radius 2 is 1.68 bits per heavy atom. The van der Waals surface area contributed by atoms with Crippen LogP contribution in [0.2, 0.25) is 0 Å². The number of fused-ring (bicyclic) bond motifs is 2. The standard InChI is InChI=1S/C40H37BrN2O9S/c1-6-49-32-17-25(15-16-30(32)52-22-35(44)48-5)37-36(39(46)50-7-2)23(3)42-40-43(37)38(45)34(53-40)19-27-18-31(47-4)33(20-29(27)41)51-21-26-13-10-12-24-11-8-9-14-28(24)26/h8-20,37H,6-7,21-22H2,1-5H3/b34-19-/t37-/m0/s1. The predicted molar refractivity (Wildman–Crippen MR) is 204 cm³/mol. The fraction of sp³-hybridized carbons (Fsp3) is 0.250. The van der Waals surface area contributed by atoms with Gasteiger partial charge in [0.2, 0.25) is 0 Å². The van der Waals surface area contributed by atoms with Crippen molar-refractivity contribution in [1.29, 1.82) is 0 Å². The second kappa shape index (κ2) is 16.5. The van der Waals surface area contributed by atoms with E-state index in [0.717, 1.165) is 16.3 Å². The van der Waals surface area contributed by atoms with Gasteiger partial charge in [-0.15, -0.1) is 0 Å². The monoisotopic (exact) mass is 800 g/mol. The number of hydrogen-bond acceptors (Lipinski definition) is 11. The molecule has 2 heterocycles. The van der Waals surface area contributed by atoms with E-state index in [4.69, 9.17) is 28.4 Å². The summed E-state index contributed by atoms with van der Waals surface area (Å²) < 4.78 is 36.2. The van der Waals surface area contributed by atoms with Crippen molar-refractivity contribution in [2.75, 3.05) is 34.0 Å². The van der Waals surface area contributed by atoms with E-state index in [9.17, 15) is 14.4 Å². The molecule has 1 aliphatic rings. The maximum absolute atomic E-state index is 14.4. The van der Waals surface area contributed by atoms with Gasteiger partial charge in [0.15, 0.2) is 34.4 Å². The number of nitrogens with zero attached hydrogens (tertiary/aromatic N) is 2. The summed E-state index contributed by atoms with van der Waals surface area (Å²) >= 11 is 4.87. The molecule has 6 rings (SSSR count). The highest BCUT2D eigenvalue weighted by Gasteiger charge is 2.34. The number of hydrogen-bond donors (Lipinski definition) is 0. The summed E-state index contributed by atoms with van der Waals surface area (Å²) in [5, 5.41) is 2.23. The Kier molecular flexibility index (Phi) is 11.6. The number of aromatic nitrogens is 1. The third-order valence-corrected chi connectivity index (χ3v) is 10.2. The zero-order valence-corrected chi connectivity index (χ0v) is 32.2. The largest absolute Gasteiger partial charge is 0.493 e. The van der Waals surface area contributed by atoms with E-state index in [1.807, 2.05) is 37.3 Å². The molecule has 13 heteroatoms. The van der Waals surface area contributed by atoms with Crippen LogP contribution in [0.15, 0.2) is 98.3 Å². The Hall–Kier alpha value is -5.40. The molecule has 4 aromatic carbocycles. The molecule has 0 saturated carbocycles. The van der Waals surface area contributed by atoms with Crippen molar-refractivity contribution in [3.05, 3.63) is 125 Å². The summed E-state index contributed by atoms with van der Waals surface area (Å²) in [5.41, 5.74) is 2.54. The van der Waals surface area contributed by atoms with E-state index < -0.39 is 18.0 Å². The van der Waals surface area contributed by atoms with Gasteiger partial charge in [0.05, 0.1) is 49.3 Å². The minimum Gasteiger partial charge on any atom is -0.493 e. The zero-order chi connectivity index (χ0) is 37.6. The van der Waals surface area contributed by atoms with E-state index in [1.165, 1.54) is 23.0 Å². The summed E-state index contributed by atoms with van der Waals surface area (Å²) in [5.74, 6) is 0.499. The number of esters is 2. The Labute approximate surface area is 317 Å². The molecule has 0 fully saturated rings. The molecule has 11 nitrogen and oxygen atoms in total. The maximum Gasteiger partial charge on any atom is 0.343 e. The number of halogens is 1. The van der Waals surface area contributed by atoms with Gasteiger partial charge < -0.3 is 28.4 Å². The number of carbonyl (C=O) groups is 2. The van der Waals surface area contributed by atoms with E-state index in [1.54, 1.807) is 51.3 Å². The fourth-order valence-electron chi connectivity index (χ4n) is 6.03. The highest BCUT2D eigenvalue weighted by molar-refractivity contribution is 9.10. The molecule has 274 valence electrons. The maximum atomic E-state index is 14.4. The highest BCUT2D eigenvalue weighted by Crippen LogP contribution is 2.37. The fourth-order valence-corrected chi connectivity index (χ4v) is 7.51. The number of benzene rings is 4. The summed E-state index contributed by atoms with van der Waals surface area (Å²) in [6.45, 7) is 5.67. The van der Waals surface area contributed by atoms with Gasteiger partial charge in [-0.1, -0.05) is 75.8 Å². The zero-order valence-electron chi connectivity index (χ0n) is 29.8. The molecule has 0 spiro atoms. The lowest BCUT2D eigenvalue weighted by molar-refractivity contribution is -0.143. The molecule has 0 N–H and O–H groups in total. The van der Waals surface area contributed by atoms with Crippen LogP contribution in [0.4, 0.5) is 0 Å². The number of rotatable bonds is 13. The average Bonchev–Trinajstić information content (AvgIpc) is 3.46. The van der Waals surface area contributed by atoms with E-state index >= 15 is 0 Å². The van der Waals surface area contributed by atoms with Crippen LogP contribution in [0, 0.1) is 0 Å². The van der Waals surface area contributed by atoms with Crippen LogP contribution in [-0.2, 0) is 25.7 Å². The number of ether oxygens (including phenoxy) is 6. The van der Waals surface area contributed by atoms with Gasteiger partial charge in [-0.3, -0.25) is 9.36 Å². The first-order chi connectivity index (χ1) is 25.7. The van der Waals surface area contributed by atoms with Crippen LogP contribution in [-0.4, -0.2) is 50.5 Å². The first-order valence-corrected chi connectivity index (χ1v) is 18.4. The van der Waals surface area contributed by atoms with Gasteiger partial charge in [-0.2, -0.15) is 0 Å². The number of allylic oxidation sites excluding steroid dienone is 1. The summed E-state index contributed by atoms with van der Waals surface area (Å²) in [6, 6.07) is 22.0. The highest BCUT2D eigenvalue weighted by atomic mass is 79.9. The summed E-state index contributed by atoms with van der Waals surface area (Å²) in [4.78, 5) is 44.7. The van der Waals surface area contributed by atoms with E-state index in [-0.39, 0.29) is 24.3 Å². The lowest BCUT2D eigenvalue weighted by atomic mass is 9.95. The second-order valence-electron chi connectivity index (χ2n) is 11.8. The van der Waals surface area contributed by atoms with Crippen molar-refractivity contribution in [1.82, 2.24) is 4.57 Å². The SMILES string of the molecule is CCOC(=O)C1=C(C)N=c2s/c(=C\c3cc(OC)c(OCc4cccc5ccccc45)cc3Br)c(=O)n2[C@H]1c1ccc(OCC(=O)OC)c(OCC)c1. The number of carbonyl (C=O) groups excluding carboxylic acids is 2. The topological polar surface area (TPSA) is 124 Å². The van der Waals surface area contributed by atoms with Crippen molar-refractivity contribution in [2.45, 2.75) is 33.4 Å². The lowest BCUT2D eigenvalue weighted by Crippen LogP contribution is -2.40. The third kappa shape index (κ3) is 7.86. The molecule has 0 saturated heterocycles. The molecule has 5 aromatic rings. The number of methoxy groups -OCH3 is 2. The molecule has 0 radical (unpaired) electrons. The number of thiazole rings is 1. The molecule has 1 aromatic heterocycles. The molecule has 1 aliphatic heterocycles. The van der Waals surface area contributed by atoms with Crippen LogP contribution in [0.3, 0.4) is 0 Å². The molecule has 0 unspecified atom stereocenters. The summed E-state index contributed by atoms with van der Waals surface area (Å²) in [6.07, 6.45) is 1.75. The van der Waals surface area contributed by atoms with Gasteiger partial charge >= 0.3 is 11.9 Å². The van der Waals surface area contributed by atoms with Crippen LogP contribution >= 0.6 is 27.3 Å². The van der Waals surface area contributed by atoms with Crippen molar-refractivity contribution in [2.24, 2.45) is 4.99 Å². The minimum atomic E-state index is -0.899. The van der Waals surface area contributed by atoms with Crippen molar-refractivity contribution >= 4 is 56.1 Å². The lowest BCUT2D eigenvalue weighted by Gasteiger charge is -2.25. The predicted octanol–water partition coefficient (Wildman–Crippen LogP) is 6.25. The normalized spacial score (nSPS) is 14.0. The van der Waals surface area contributed by atoms with Crippen molar-refractivity contribution < 1.29 is 38.0 Å². The molecule has 53 heavy (non-hydrogen) atoms. The third-order valence-electron chi connectivity index (χ3n) is 8.51. The Morgan fingerprint density at radius 1 is 0.906 bits per heavy atom. The first-order valence-electron chi connectivity index (χ1n) is 16.8. The van der Waals surface area contributed by atoms with Crippen molar-refractivity contribution in [3.8, 4) is 23.0 Å². The van der Waals surface area contributed by atoms with Gasteiger partial charge in [0.25, 0.3) is 5.56 Å². The Balaban J connectivity index is 1.40. The van der Waals surface area contributed by atoms with Crippen LogP contribution in [0.5, 0.6) is 23.0 Å². The first kappa shape index (κ1) is 37.4. The van der Waals surface area contributed by atoms with Gasteiger partial charge in [0.1, 0.15) is 6.61 Å². The second-order valence-corrected chi connectivity index (χ2v) is 13.6. The van der Waals surface area contributed by atoms with Gasteiger partial charge in [0, 0.05) is 4.47 Å². The van der Waals surface area contributed by atoms with Gasteiger partial charge in [-0.05, 0) is 78.6 Å². The Bertz CT molecular complexity index is 2410. The van der Waals surface area contributed by atoms with Crippen molar-refractivity contribution in [3.63, 3.8) is 0 Å². The molecular weight excluding hydrogens is 764 g/mol. The molecular formula is C40H37BrN2O9S. The minimum absolute atomic E-state index is 0.134. The van der Waals surface area contributed by atoms with Gasteiger partial charge in [-0.25, -0.2) is 14.6 Å². The Morgan fingerprint density at radius 3 is 2.43 bits per heavy atom. The average molecular weight is 802 g/mol. The summed E-state index contributed by atoms with van der Waals surface area (Å²) in [7, 11) is 2.83. The quantitative estimate of drug-likeness (QED) is 0.127.